The number of hydrogen-bond donors (Lipinski definition) is 0. The number of rotatable bonds is 5. The first-order valence-corrected chi connectivity index (χ1v) is 7.15. The van der Waals surface area contributed by atoms with Gasteiger partial charge in [-0.1, -0.05) is 49.0 Å². The second-order valence-corrected chi connectivity index (χ2v) is 5.59. The molecule has 0 saturated carbocycles. The molecule has 0 unspecified atom stereocenters. The Balaban J connectivity index is 2.24. The summed E-state index contributed by atoms with van der Waals surface area (Å²) >= 11 is 1.37. The van der Waals surface area contributed by atoms with Crippen molar-refractivity contribution in [2.75, 3.05) is 7.11 Å². The number of benzene rings is 1. The van der Waals surface area contributed by atoms with E-state index in [1.165, 1.54) is 18.9 Å². The minimum atomic E-state index is -0.356. The molecule has 0 bridgehead atoms. The highest BCUT2D eigenvalue weighted by molar-refractivity contribution is 8.00. The van der Waals surface area contributed by atoms with Crippen LogP contribution in [0.1, 0.15) is 18.4 Å². The van der Waals surface area contributed by atoms with E-state index in [4.69, 9.17) is 4.74 Å². The van der Waals surface area contributed by atoms with Gasteiger partial charge in [-0.15, -0.1) is 10.2 Å². The van der Waals surface area contributed by atoms with Crippen molar-refractivity contribution in [3.8, 4) is 0 Å². The Morgan fingerprint density at radius 3 is 2.60 bits per heavy atom. The Kier molecular flexibility index (Phi) is 4.79. The summed E-state index contributed by atoms with van der Waals surface area (Å²) in [6, 6.07) is 9.91. The van der Waals surface area contributed by atoms with Crippen molar-refractivity contribution < 1.29 is 9.53 Å². The molecule has 0 radical (unpaired) electrons. The Hall–Kier alpha value is -1.82. The largest absolute Gasteiger partial charge is 0.468 e. The van der Waals surface area contributed by atoms with E-state index in [0.29, 0.717) is 5.16 Å². The fourth-order valence-corrected chi connectivity index (χ4v) is 2.98. The first-order valence-electron chi connectivity index (χ1n) is 6.27. The van der Waals surface area contributed by atoms with Crippen LogP contribution < -0.4 is 0 Å². The van der Waals surface area contributed by atoms with E-state index < -0.39 is 0 Å². The van der Waals surface area contributed by atoms with Crippen molar-refractivity contribution in [3.05, 3.63) is 42.2 Å². The number of aromatic nitrogens is 3. The number of carbonyl (C=O) groups is 1. The lowest BCUT2D eigenvalue weighted by molar-refractivity contribution is -0.140. The van der Waals surface area contributed by atoms with Gasteiger partial charge in [0.1, 0.15) is 11.6 Å². The minimum Gasteiger partial charge on any atom is -0.468 e. The molecule has 0 fully saturated rings. The first-order chi connectivity index (χ1) is 9.63. The maximum Gasteiger partial charge on any atom is 0.319 e. The van der Waals surface area contributed by atoms with Crippen LogP contribution in [-0.4, -0.2) is 33.1 Å². The fourth-order valence-electron chi connectivity index (χ4n) is 1.89. The molecule has 5 nitrogen and oxygen atoms in total. The van der Waals surface area contributed by atoms with E-state index >= 15 is 0 Å². The maximum absolute atomic E-state index is 12.1. The molecule has 0 aliphatic carbocycles. The Morgan fingerprint density at radius 2 is 2.05 bits per heavy atom. The van der Waals surface area contributed by atoms with Gasteiger partial charge in [-0.25, -0.2) is 0 Å². The quantitative estimate of drug-likeness (QED) is 0.624. The second kappa shape index (κ2) is 6.56. The minimum absolute atomic E-state index is 0.0188. The monoisotopic (exact) mass is 291 g/mol. The number of esters is 1. The lowest BCUT2D eigenvalue weighted by atomic mass is 9.97. The molecule has 0 saturated heterocycles. The zero-order valence-corrected chi connectivity index (χ0v) is 12.5. The Labute approximate surface area is 122 Å². The zero-order valence-electron chi connectivity index (χ0n) is 11.7. The molecule has 106 valence electrons. The molecule has 0 aliphatic rings. The summed E-state index contributed by atoms with van der Waals surface area (Å²) < 4.78 is 6.72. The van der Waals surface area contributed by atoms with Crippen molar-refractivity contribution in [2.24, 2.45) is 7.05 Å². The predicted octanol–water partition coefficient (Wildman–Crippen LogP) is 2.25. The van der Waals surface area contributed by atoms with E-state index in [9.17, 15) is 4.79 Å². The van der Waals surface area contributed by atoms with Crippen molar-refractivity contribution in [1.29, 1.82) is 0 Å². The van der Waals surface area contributed by atoms with Crippen LogP contribution in [0.4, 0.5) is 0 Å². The predicted molar refractivity (Wildman–Crippen MR) is 77.5 cm³/mol. The van der Waals surface area contributed by atoms with E-state index in [0.717, 1.165) is 5.56 Å². The number of methoxy groups -OCH3 is 1. The van der Waals surface area contributed by atoms with E-state index in [1.54, 1.807) is 10.9 Å². The molecule has 0 spiro atoms. The summed E-state index contributed by atoms with van der Waals surface area (Å²) in [5.74, 6) is -0.236. The number of hydrogen-bond acceptors (Lipinski definition) is 5. The van der Waals surface area contributed by atoms with Gasteiger partial charge in [-0.3, -0.25) is 4.79 Å². The van der Waals surface area contributed by atoms with Crippen LogP contribution in [0.3, 0.4) is 0 Å². The molecule has 2 aromatic rings. The van der Waals surface area contributed by atoms with Crippen molar-refractivity contribution in [2.45, 2.75) is 23.2 Å². The summed E-state index contributed by atoms with van der Waals surface area (Å²) in [6.45, 7) is 2.01. The second-order valence-electron chi connectivity index (χ2n) is 4.49. The van der Waals surface area contributed by atoms with E-state index in [-0.39, 0.29) is 17.1 Å². The topological polar surface area (TPSA) is 57.0 Å². The van der Waals surface area contributed by atoms with Crippen molar-refractivity contribution >= 4 is 17.7 Å². The molecule has 1 heterocycles. The average molecular weight is 291 g/mol. The summed E-state index contributed by atoms with van der Waals surface area (Å²) in [5.41, 5.74) is 1.09. The molecule has 2 rings (SSSR count). The van der Waals surface area contributed by atoms with Crippen LogP contribution >= 0.6 is 11.8 Å². The van der Waals surface area contributed by atoms with Crippen LogP contribution in [0.2, 0.25) is 0 Å². The molecular weight excluding hydrogens is 274 g/mol. The third-order valence-electron chi connectivity index (χ3n) is 3.12. The SMILES string of the molecule is COC(=O)[C@H](Sc1nncn1C)[C@H](C)c1ccccc1. The van der Waals surface area contributed by atoms with Crippen molar-refractivity contribution in [1.82, 2.24) is 14.8 Å². The summed E-state index contributed by atoms with van der Waals surface area (Å²) in [5, 5.41) is 8.19. The van der Waals surface area contributed by atoms with E-state index in [2.05, 4.69) is 10.2 Å². The van der Waals surface area contributed by atoms with Gasteiger partial charge in [-0.2, -0.15) is 0 Å². The number of thioether (sulfide) groups is 1. The van der Waals surface area contributed by atoms with Gasteiger partial charge in [0, 0.05) is 13.0 Å². The van der Waals surface area contributed by atoms with Crippen LogP contribution in [0.15, 0.2) is 41.8 Å². The summed E-state index contributed by atoms with van der Waals surface area (Å²) in [7, 11) is 3.26. The number of carbonyl (C=O) groups excluding carboxylic acids is 1. The van der Waals surface area contributed by atoms with Crippen LogP contribution in [0.5, 0.6) is 0 Å². The van der Waals surface area contributed by atoms with Gasteiger partial charge in [0.05, 0.1) is 7.11 Å². The van der Waals surface area contributed by atoms with Gasteiger partial charge in [-0.05, 0) is 5.56 Å². The number of ether oxygens (including phenoxy) is 1. The first kappa shape index (κ1) is 14.6. The Morgan fingerprint density at radius 1 is 1.35 bits per heavy atom. The molecule has 0 amide bonds. The van der Waals surface area contributed by atoms with Gasteiger partial charge in [0.15, 0.2) is 5.16 Å². The summed E-state index contributed by atoms with van der Waals surface area (Å²) in [6.07, 6.45) is 1.61. The number of aryl methyl sites for hydroxylation is 1. The lowest BCUT2D eigenvalue weighted by Gasteiger charge is -2.21. The lowest BCUT2D eigenvalue weighted by Crippen LogP contribution is -2.25. The third-order valence-corrected chi connectivity index (χ3v) is 4.55. The molecule has 20 heavy (non-hydrogen) atoms. The molecule has 1 aromatic heterocycles. The fraction of sp³-hybridized carbons (Fsp3) is 0.357. The standard InChI is InChI=1S/C14H17N3O2S/c1-10(11-7-5-4-6-8-11)12(13(18)19-3)20-14-16-15-9-17(14)2/h4-10,12H,1-3H3/t10-,12-/m1/s1. The Bertz CT molecular complexity index is 571. The van der Waals surface area contributed by atoms with Crippen LogP contribution in [0.25, 0.3) is 0 Å². The van der Waals surface area contributed by atoms with Gasteiger partial charge in [0.2, 0.25) is 0 Å². The van der Waals surface area contributed by atoms with Crippen LogP contribution in [-0.2, 0) is 16.6 Å². The van der Waals surface area contributed by atoms with Gasteiger partial charge < -0.3 is 9.30 Å². The van der Waals surface area contributed by atoms with Gasteiger partial charge in [0.25, 0.3) is 0 Å². The highest BCUT2D eigenvalue weighted by Gasteiger charge is 2.29. The van der Waals surface area contributed by atoms with Crippen molar-refractivity contribution in [3.63, 3.8) is 0 Å². The molecule has 1 aromatic carbocycles. The van der Waals surface area contributed by atoms with E-state index in [1.807, 2.05) is 44.3 Å². The highest BCUT2D eigenvalue weighted by Crippen LogP contribution is 2.33. The molecular formula is C14H17N3O2S. The third kappa shape index (κ3) is 3.19. The maximum atomic E-state index is 12.1. The molecule has 0 aliphatic heterocycles. The number of nitrogens with zero attached hydrogens (tertiary/aromatic N) is 3. The molecule has 0 N–H and O–H groups in total. The van der Waals surface area contributed by atoms with Crippen LogP contribution in [0, 0.1) is 0 Å². The highest BCUT2D eigenvalue weighted by atomic mass is 32.2. The molecule has 6 heteroatoms. The normalized spacial score (nSPS) is 13.8. The average Bonchev–Trinajstić information content (AvgIpc) is 2.89. The smallest absolute Gasteiger partial charge is 0.319 e. The zero-order chi connectivity index (χ0) is 14.5. The molecule has 2 atom stereocenters. The van der Waals surface area contributed by atoms with Gasteiger partial charge >= 0.3 is 5.97 Å². The summed E-state index contributed by atoms with van der Waals surface area (Å²) in [4.78, 5) is 12.1.